The third kappa shape index (κ3) is 4.92. The molecule has 1 amide bonds. The Morgan fingerprint density at radius 1 is 0.966 bits per heavy atom. The van der Waals surface area contributed by atoms with E-state index >= 15 is 0 Å². The molecule has 0 aliphatic carbocycles. The summed E-state index contributed by atoms with van der Waals surface area (Å²) in [4.78, 5) is 13.2. The number of benzene rings is 2. The molecular formula is C22H26N2O5. The molecule has 1 atom stereocenters. The molecule has 2 heterocycles. The van der Waals surface area contributed by atoms with Crippen molar-refractivity contribution in [2.75, 3.05) is 44.4 Å². The first kappa shape index (κ1) is 19.4. The SMILES string of the molecule is O=CN(CCCCNCC1COc2ccccc2O1)c1ccc2c(c1)OCCO2. The molecule has 2 aromatic carbocycles. The van der Waals surface area contributed by atoms with Gasteiger partial charge in [-0.3, -0.25) is 4.79 Å². The minimum absolute atomic E-state index is 0.00841. The molecule has 0 fully saturated rings. The van der Waals surface area contributed by atoms with Crippen LogP contribution >= 0.6 is 0 Å². The summed E-state index contributed by atoms with van der Waals surface area (Å²) >= 11 is 0. The van der Waals surface area contributed by atoms with E-state index in [-0.39, 0.29) is 6.10 Å². The number of hydrogen-bond acceptors (Lipinski definition) is 6. The summed E-state index contributed by atoms with van der Waals surface area (Å²) in [6.45, 7) is 3.88. The number of anilines is 1. The van der Waals surface area contributed by atoms with Crippen LogP contribution in [0.4, 0.5) is 5.69 Å². The predicted molar refractivity (Wildman–Crippen MR) is 109 cm³/mol. The van der Waals surface area contributed by atoms with Crippen molar-refractivity contribution in [2.24, 2.45) is 0 Å². The molecular weight excluding hydrogens is 372 g/mol. The summed E-state index contributed by atoms with van der Waals surface area (Å²) in [5.74, 6) is 3.02. The number of unbranched alkanes of at least 4 members (excludes halogenated alkanes) is 1. The van der Waals surface area contributed by atoms with Crippen molar-refractivity contribution < 1.29 is 23.7 Å². The fourth-order valence-electron chi connectivity index (χ4n) is 3.41. The Labute approximate surface area is 170 Å². The number of carbonyl (C=O) groups excluding carboxylic acids is 1. The third-order valence-corrected chi connectivity index (χ3v) is 4.93. The Balaban J connectivity index is 1.16. The average Bonchev–Trinajstić information content (AvgIpc) is 2.78. The zero-order valence-electron chi connectivity index (χ0n) is 16.3. The lowest BCUT2D eigenvalue weighted by Gasteiger charge is -2.26. The van der Waals surface area contributed by atoms with Gasteiger partial charge >= 0.3 is 0 Å². The van der Waals surface area contributed by atoms with Crippen LogP contribution in [0.15, 0.2) is 42.5 Å². The highest BCUT2D eigenvalue weighted by molar-refractivity contribution is 5.76. The van der Waals surface area contributed by atoms with Crippen molar-refractivity contribution in [1.82, 2.24) is 5.32 Å². The lowest BCUT2D eigenvalue weighted by molar-refractivity contribution is -0.107. The highest BCUT2D eigenvalue weighted by Gasteiger charge is 2.20. The molecule has 7 nitrogen and oxygen atoms in total. The van der Waals surface area contributed by atoms with Crippen LogP contribution in [0.2, 0.25) is 0 Å². The van der Waals surface area contributed by atoms with E-state index in [1.807, 2.05) is 42.5 Å². The summed E-state index contributed by atoms with van der Waals surface area (Å²) in [7, 11) is 0. The largest absolute Gasteiger partial charge is 0.486 e. The van der Waals surface area contributed by atoms with E-state index in [4.69, 9.17) is 18.9 Å². The van der Waals surface area contributed by atoms with Crippen LogP contribution in [0.25, 0.3) is 0 Å². The van der Waals surface area contributed by atoms with Gasteiger partial charge in [0.05, 0.1) is 0 Å². The van der Waals surface area contributed by atoms with E-state index in [9.17, 15) is 4.79 Å². The lowest BCUT2D eigenvalue weighted by Crippen LogP contribution is -2.38. The van der Waals surface area contributed by atoms with Gasteiger partial charge in [0.2, 0.25) is 6.41 Å². The number of ether oxygens (including phenoxy) is 4. The molecule has 4 rings (SSSR count). The molecule has 0 saturated heterocycles. The Hall–Kier alpha value is -2.93. The predicted octanol–water partition coefficient (Wildman–Crippen LogP) is 2.63. The van der Waals surface area contributed by atoms with E-state index in [0.717, 1.165) is 55.3 Å². The number of carbonyl (C=O) groups is 1. The van der Waals surface area contributed by atoms with Crippen LogP contribution in [0.5, 0.6) is 23.0 Å². The Kier molecular flexibility index (Phi) is 6.36. The van der Waals surface area contributed by atoms with Crippen molar-refractivity contribution in [2.45, 2.75) is 18.9 Å². The monoisotopic (exact) mass is 398 g/mol. The number of rotatable bonds is 9. The molecule has 0 spiro atoms. The van der Waals surface area contributed by atoms with Gasteiger partial charge in [-0.15, -0.1) is 0 Å². The molecule has 2 aliphatic rings. The van der Waals surface area contributed by atoms with Crippen molar-refractivity contribution in [3.05, 3.63) is 42.5 Å². The lowest BCUT2D eigenvalue weighted by atomic mass is 10.2. The van der Waals surface area contributed by atoms with Crippen LogP contribution in [0, 0.1) is 0 Å². The maximum absolute atomic E-state index is 11.5. The quantitative estimate of drug-likeness (QED) is 0.517. The van der Waals surface area contributed by atoms with Crippen LogP contribution in [-0.4, -0.2) is 52.0 Å². The zero-order valence-corrected chi connectivity index (χ0v) is 16.3. The molecule has 1 unspecified atom stereocenters. The average molecular weight is 398 g/mol. The highest BCUT2D eigenvalue weighted by atomic mass is 16.6. The fourth-order valence-corrected chi connectivity index (χ4v) is 3.41. The van der Waals surface area contributed by atoms with Gasteiger partial charge in [-0.25, -0.2) is 0 Å². The van der Waals surface area contributed by atoms with E-state index in [1.54, 1.807) is 4.90 Å². The van der Waals surface area contributed by atoms with E-state index in [1.165, 1.54) is 0 Å². The molecule has 29 heavy (non-hydrogen) atoms. The summed E-state index contributed by atoms with van der Waals surface area (Å²) in [6.07, 6.45) is 2.72. The molecule has 1 N–H and O–H groups in total. The van der Waals surface area contributed by atoms with Crippen LogP contribution in [0.3, 0.4) is 0 Å². The molecule has 7 heteroatoms. The molecule has 2 aliphatic heterocycles. The van der Waals surface area contributed by atoms with E-state index in [0.29, 0.717) is 32.1 Å². The molecule has 0 radical (unpaired) electrons. The Morgan fingerprint density at radius 2 is 1.76 bits per heavy atom. The number of hydrogen-bond donors (Lipinski definition) is 1. The van der Waals surface area contributed by atoms with Gasteiger partial charge in [0.25, 0.3) is 0 Å². The minimum Gasteiger partial charge on any atom is -0.486 e. The van der Waals surface area contributed by atoms with Crippen LogP contribution < -0.4 is 29.2 Å². The summed E-state index contributed by atoms with van der Waals surface area (Å²) in [6, 6.07) is 13.3. The summed E-state index contributed by atoms with van der Waals surface area (Å²) < 4.78 is 22.8. The number of nitrogens with one attached hydrogen (secondary N) is 1. The van der Waals surface area contributed by atoms with Crippen molar-refractivity contribution in [3.63, 3.8) is 0 Å². The van der Waals surface area contributed by atoms with Crippen molar-refractivity contribution >= 4 is 12.1 Å². The highest BCUT2D eigenvalue weighted by Crippen LogP contribution is 2.34. The maximum Gasteiger partial charge on any atom is 0.214 e. The first-order valence-corrected chi connectivity index (χ1v) is 10.0. The maximum atomic E-state index is 11.5. The van der Waals surface area contributed by atoms with Crippen LogP contribution in [-0.2, 0) is 4.79 Å². The fraction of sp³-hybridized carbons (Fsp3) is 0.409. The van der Waals surface area contributed by atoms with Gasteiger partial charge < -0.3 is 29.2 Å². The smallest absolute Gasteiger partial charge is 0.214 e. The van der Waals surface area contributed by atoms with Gasteiger partial charge in [-0.05, 0) is 43.7 Å². The van der Waals surface area contributed by atoms with Gasteiger partial charge in [0, 0.05) is 24.8 Å². The number of amides is 1. The molecule has 0 aromatic heterocycles. The standard InChI is InChI=1S/C22H26N2O5/c25-16-24(17-7-8-20-22(13-17)27-12-11-26-20)10-4-3-9-23-14-18-15-28-19-5-1-2-6-21(19)29-18/h1-2,5-8,13,16,18,23H,3-4,9-12,14-15H2. The molecule has 154 valence electrons. The third-order valence-electron chi connectivity index (χ3n) is 4.93. The number of nitrogens with zero attached hydrogens (tertiary/aromatic N) is 1. The van der Waals surface area contributed by atoms with Crippen molar-refractivity contribution in [1.29, 1.82) is 0 Å². The van der Waals surface area contributed by atoms with Gasteiger partial charge in [0.1, 0.15) is 25.9 Å². The normalized spacial score (nSPS) is 16.9. The summed E-state index contributed by atoms with van der Waals surface area (Å²) in [5, 5.41) is 3.41. The zero-order chi connectivity index (χ0) is 19.9. The first-order valence-electron chi connectivity index (χ1n) is 10.0. The molecule has 0 saturated carbocycles. The Morgan fingerprint density at radius 3 is 2.62 bits per heavy atom. The second-order valence-corrected chi connectivity index (χ2v) is 7.04. The number of fused-ring (bicyclic) bond motifs is 2. The van der Waals surface area contributed by atoms with Crippen molar-refractivity contribution in [3.8, 4) is 23.0 Å². The summed E-state index contributed by atoms with van der Waals surface area (Å²) in [5.41, 5.74) is 0.823. The van der Waals surface area contributed by atoms with E-state index < -0.39 is 0 Å². The Bertz CT molecular complexity index is 829. The van der Waals surface area contributed by atoms with Crippen LogP contribution in [0.1, 0.15) is 12.8 Å². The second kappa shape index (κ2) is 9.52. The number of para-hydroxylation sites is 2. The molecule has 2 aromatic rings. The minimum atomic E-state index is 0.00841. The van der Waals surface area contributed by atoms with Gasteiger partial charge in [-0.1, -0.05) is 12.1 Å². The van der Waals surface area contributed by atoms with E-state index in [2.05, 4.69) is 5.32 Å². The second-order valence-electron chi connectivity index (χ2n) is 7.04. The van der Waals surface area contributed by atoms with Gasteiger partial charge in [0.15, 0.2) is 23.0 Å². The first-order chi connectivity index (χ1) is 14.3. The topological polar surface area (TPSA) is 69.3 Å². The van der Waals surface area contributed by atoms with Gasteiger partial charge in [-0.2, -0.15) is 0 Å². The molecule has 0 bridgehead atoms.